The van der Waals surface area contributed by atoms with Gasteiger partial charge in [-0.3, -0.25) is 9.36 Å². The Kier molecular flexibility index (Phi) is 3.99. The van der Waals surface area contributed by atoms with E-state index in [1.54, 1.807) is 12.1 Å². The van der Waals surface area contributed by atoms with E-state index in [1.165, 1.54) is 6.07 Å². The maximum Gasteiger partial charge on any atom is 0.313 e. The monoisotopic (exact) mass is 371 g/mol. The largest absolute Gasteiger partial charge is 0.481 e. The quantitative estimate of drug-likeness (QED) is 0.817. The lowest BCUT2D eigenvalue weighted by atomic mass is 10.3. The number of aliphatic carboxylic acids is 1. The zero-order valence-electron chi connectivity index (χ0n) is 10.8. The molecule has 8 heteroatoms. The van der Waals surface area contributed by atoms with Crippen molar-refractivity contribution in [2.24, 2.45) is 0 Å². The van der Waals surface area contributed by atoms with Gasteiger partial charge < -0.3 is 5.11 Å². The molecule has 5 nitrogen and oxygen atoms in total. The lowest BCUT2D eigenvalue weighted by Gasteiger charge is -2.10. The van der Waals surface area contributed by atoms with Crippen LogP contribution in [-0.2, 0) is 4.79 Å². The Morgan fingerprint density at radius 2 is 2.24 bits per heavy atom. The molecule has 1 heterocycles. The number of halogens is 2. The smallest absolute Gasteiger partial charge is 0.313 e. The number of thioether (sulfide) groups is 1. The Morgan fingerprint density at radius 3 is 2.86 bits per heavy atom. The summed E-state index contributed by atoms with van der Waals surface area (Å²) in [6.07, 6.45) is 2.09. The van der Waals surface area contributed by atoms with Crippen molar-refractivity contribution in [2.45, 2.75) is 23.9 Å². The molecule has 1 aromatic carbocycles. The average Bonchev–Trinajstić information content (AvgIpc) is 3.20. The molecule has 0 saturated heterocycles. The summed E-state index contributed by atoms with van der Waals surface area (Å²) in [5, 5.41) is 17.6. The fourth-order valence-corrected chi connectivity index (χ4v) is 3.02. The minimum Gasteiger partial charge on any atom is -0.481 e. The van der Waals surface area contributed by atoms with Gasteiger partial charge >= 0.3 is 5.97 Å². The molecule has 0 bridgehead atoms. The van der Waals surface area contributed by atoms with E-state index in [0.717, 1.165) is 36.1 Å². The highest BCUT2D eigenvalue weighted by Gasteiger charge is 2.31. The van der Waals surface area contributed by atoms with Crippen molar-refractivity contribution in [2.75, 3.05) is 5.75 Å². The van der Waals surface area contributed by atoms with Crippen molar-refractivity contribution in [1.82, 2.24) is 14.8 Å². The first-order valence-electron chi connectivity index (χ1n) is 6.31. The number of nitrogens with zero attached hydrogens (tertiary/aromatic N) is 3. The third-order valence-corrected chi connectivity index (χ3v) is 4.61. The highest BCUT2D eigenvalue weighted by molar-refractivity contribution is 9.10. The molecule has 3 rings (SSSR count). The second-order valence-corrected chi connectivity index (χ2v) is 6.53. The summed E-state index contributed by atoms with van der Waals surface area (Å²) in [4.78, 5) is 10.7. The molecular weight excluding hydrogens is 361 g/mol. The summed E-state index contributed by atoms with van der Waals surface area (Å²) in [5.74, 6) is -0.199. The number of carbonyl (C=O) groups is 1. The van der Waals surface area contributed by atoms with E-state index in [0.29, 0.717) is 15.5 Å². The number of benzene rings is 1. The highest BCUT2D eigenvalue weighted by Crippen LogP contribution is 2.41. The van der Waals surface area contributed by atoms with Crippen LogP contribution in [0, 0.1) is 5.82 Å². The molecule has 0 amide bonds. The molecule has 1 N–H and O–H groups in total. The summed E-state index contributed by atoms with van der Waals surface area (Å²) in [6, 6.07) is 4.65. The Balaban J connectivity index is 2.02. The molecule has 0 radical (unpaired) electrons. The zero-order chi connectivity index (χ0) is 15.0. The van der Waals surface area contributed by atoms with Crippen LogP contribution in [0.25, 0.3) is 5.69 Å². The van der Waals surface area contributed by atoms with Crippen LogP contribution in [0.4, 0.5) is 4.39 Å². The van der Waals surface area contributed by atoms with E-state index >= 15 is 0 Å². The van der Waals surface area contributed by atoms with Gasteiger partial charge in [-0.25, -0.2) is 4.39 Å². The van der Waals surface area contributed by atoms with E-state index in [2.05, 4.69) is 26.1 Å². The normalized spacial score (nSPS) is 14.4. The maximum absolute atomic E-state index is 13.4. The molecular formula is C13H11BrFN3O2S. The molecule has 21 heavy (non-hydrogen) atoms. The van der Waals surface area contributed by atoms with Gasteiger partial charge in [0.15, 0.2) is 5.16 Å². The molecule has 1 fully saturated rings. The fourth-order valence-electron chi connectivity index (χ4n) is 1.97. The van der Waals surface area contributed by atoms with Crippen LogP contribution in [0.5, 0.6) is 0 Å². The van der Waals surface area contributed by atoms with Gasteiger partial charge in [0, 0.05) is 5.92 Å². The van der Waals surface area contributed by atoms with Crippen LogP contribution >= 0.6 is 27.7 Å². The van der Waals surface area contributed by atoms with Crippen molar-refractivity contribution >= 4 is 33.7 Å². The minimum absolute atomic E-state index is 0.0921. The minimum atomic E-state index is -0.914. The summed E-state index contributed by atoms with van der Waals surface area (Å²) in [7, 11) is 0. The SMILES string of the molecule is O=C(O)CSc1nnc(C2CC2)n1-c1ccc(F)c(Br)c1. The van der Waals surface area contributed by atoms with Gasteiger partial charge in [-0.1, -0.05) is 11.8 Å². The molecule has 1 aliphatic rings. The number of hydrogen-bond donors (Lipinski definition) is 1. The van der Waals surface area contributed by atoms with Crippen molar-refractivity contribution in [1.29, 1.82) is 0 Å². The van der Waals surface area contributed by atoms with Crippen LogP contribution in [0.15, 0.2) is 27.8 Å². The first-order chi connectivity index (χ1) is 10.1. The van der Waals surface area contributed by atoms with Crippen molar-refractivity contribution in [3.05, 3.63) is 34.3 Å². The van der Waals surface area contributed by atoms with E-state index in [9.17, 15) is 9.18 Å². The van der Waals surface area contributed by atoms with Crippen LogP contribution in [0.1, 0.15) is 24.6 Å². The number of hydrogen-bond acceptors (Lipinski definition) is 4. The highest BCUT2D eigenvalue weighted by atomic mass is 79.9. The zero-order valence-corrected chi connectivity index (χ0v) is 13.2. The molecule has 2 aromatic rings. The first kappa shape index (κ1) is 14.5. The van der Waals surface area contributed by atoms with Crippen LogP contribution in [0.3, 0.4) is 0 Å². The Hall–Kier alpha value is -1.41. The van der Waals surface area contributed by atoms with Gasteiger partial charge in [-0.15, -0.1) is 10.2 Å². The Morgan fingerprint density at radius 1 is 1.48 bits per heavy atom. The van der Waals surface area contributed by atoms with Crippen LogP contribution in [-0.4, -0.2) is 31.6 Å². The van der Waals surface area contributed by atoms with E-state index in [4.69, 9.17) is 5.11 Å². The lowest BCUT2D eigenvalue weighted by molar-refractivity contribution is -0.133. The van der Waals surface area contributed by atoms with Gasteiger partial charge in [0.25, 0.3) is 0 Å². The summed E-state index contributed by atoms with van der Waals surface area (Å²) < 4.78 is 15.6. The maximum atomic E-state index is 13.4. The summed E-state index contributed by atoms with van der Waals surface area (Å²) in [6.45, 7) is 0. The molecule has 110 valence electrons. The molecule has 0 aliphatic heterocycles. The molecule has 1 aromatic heterocycles. The predicted octanol–water partition coefficient (Wildman–Crippen LogP) is 3.22. The predicted molar refractivity (Wildman–Crippen MR) is 79.4 cm³/mol. The second kappa shape index (κ2) is 5.76. The number of rotatable bonds is 5. The Bertz CT molecular complexity index is 703. The van der Waals surface area contributed by atoms with E-state index in [-0.39, 0.29) is 11.6 Å². The number of aromatic nitrogens is 3. The number of carboxylic acids is 1. The molecule has 1 saturated carbocycles. The third kappa shape index (κ3) is 3.11. The summed E-state index contributed by atoms with van der Waals surface area (Å²) in [5.41, 5.74) is 0.725. The third-order valence-electron chi connectivity index (χ3n) is 3.09. The first-order valence-corrected chi connectivity index (χ1v) is 8.09. The van der Waals surface area contributed by atoms with Crippen molar-refractivity contribution < 1.29 is 14.3 Å². The molecule has 0 unspecified atom stereocenters. The van der Waals surface area contributed by atoms with Gasteiger partial charge in [0.1, 0.15) is 11.6 Å². The van der Waals surface area contributed by atoms with Gasteiger partial charge in [-0.2, -0.15) is 0 Å². The van der Waals surface area contributed by atoms with Crippen LogP contribution < -0.4 is 0 Å². The van der Waals surface area contributed by atoms with Gasteiger partial charge in [-0.05, 0) is 47.0 Å². The molecule has 1 aliphatic carbocycles. The van der Waals surface area contributed by atoms with Gasteiger partial charge in [0.05, 0.1) is 15.9 Å². The van der Waals surface area contributed by atoms with Crippen molar-refractivity contribution in [3.63, 3.8) is 0 Å². The lowest BCUT2D eigenvalue weighted by Crippen LogP contribution is -2.04. The second-order valence-electron chi connectivity index (χ2n) is 4.73. The average molecular weight is 372 g/mol. The molecule has 0 atom stereocenters. The fraction of sp³-hybridized carbons (Fsp3) is 0.308. The van der Waals surface area contributed by atoms with E-state index < -0.39 is 5.97 Å². The van der Waals surface area contributed by atoms with Gasteiger partial charge in [0.2, 0.25) is 0 Å². The van der Waals surface area contributed by atoms with Crippen molar-refractivity contribution in [3.8, 4) is 5.69 Å². The standard InChI is InChI=1S/C13H11BrFN3O2S/c14-9-5-8(3-4-10(9)15)18-12(7-1-2-7)16-17-13(18)21-6-11(19)20/h3-5,7H,1-2,6H2,(H,19,20). The Labute approximate surface area is 132 Å². The number of carboxylic acid groups (broad SMARTS) is 1. The van der Waals surface area contributed by atoms with Crippen LogP contribution in [0.2, 0.25) is 0 Å². The van der Waals surface area contributed by atoms with E-state index in [1.807, 2.05) is 4.57 Å². The molecule has 0 spiro atoms. The topological polar surface area (TPSA) is 68.0 Å². The summed E-state index contributed by atoms with van der Waals surface area (Å²) >= 11 is 4.27.